The quantitative estimate of drug-likeness (QED) is 0.830. The molecule has 1 aromatic rings. The summed E-state index contributed by atoms with van der Waals surface area (Å²) in [6.45, 7) is 5.84. The van der Waals surface area contributed by atoms with E-state index in [2.05, 4.69) is 30.2 Å². The largest absolute Gasteiger partial charge is 0.496 e. The molecule has 1 saturated carbocycles. The van der Waals surface area contributed by atoms with E-state index in [9.17, 15) is 4.79 Å². The molecule has 2 fully saturated rings. The monoisotopic (exact) mass is 378 g/mol. The minimum Gasteiger partial charge on any atom is -0.496 e. The number of carbonyl (C=O) groups is 1. The topological polar surface area (TPSA) is 51.2 Å². The Morgan fingerprint density at radius 3 is 2.89 bits per heavy atom. The molecule has 4 heteroatoms. The Morgan fingerprint density at radius 2 is 2.07 bits per heavy atom. The summed E-state index contributed by atoms with van der Waals surface area (Å²) in [5.74, 6) is 3.15. The zero-order valence-electron chi connectivity index (χ0n) is 17.1. The molecule has 5 rings (SSSR count). The third kappa shape index (κ3) is 2.36. The van der Waals surface area contributed by atoms with Gasteiger partial charge < -0.3 is 10.1 Å². The number of piperidine rings is 1. The minimum absolute atomic E-state index is 0.132. The van der Waals surface area contributed by atoms with Crippen LogP contribution in [0.3, 0.4) is 0 Å². The maximum absolute atomic E-state index is 12.0. The van der Waals surface area contributed by atoms with E-state index < -0.39 is 0 Å². The molecule has 1 aromatic heterocycles. The Morgan fingerprint density at radius 1 is 1.21 bits per heavy atom. The zero-order chi connectivity index (χ0) is 19.5. The molecule has 1 aliphatic heterocycles. The number of pyridine rings is 1. The van der Waals surface area contributed by atoms with Crippen LogP contribution in [0.2, 0.25) is 0 Å². The van der Waals surface area contributed by atoms with Crippen molar-refractivity contribution in [2.24, 2.45) is 28.6 Å². The van der Waals surface area contributed by atoms with Gasteiger partial charge in [-0.05, 0) is 60.5 Å². The predicted molar refractivity (Wildman–Crippen MR) is 110 cm³/mol. The van der Waals surface area contributed by atoms with Gasteiger partial charge in [0.15, 0.2) is 5.78 Å². The lowest BCUT2D eigenvalue weighted by molar-refractivity contribution is -0.117. The molecule has 0 aromatic carbocycles. The zero-order valence-corrected chi connectivity index (χ0v) is 17.1. The standard InChI is InChI=1S/C24H30N2O2/c1-23-10-7-20-16(14-26-22-12-15(27)6-9-24(20,22)2)18(23)4-5-19(23)17-13-25-11-8-21(17)28-3/h5,8,11-13,16,18,20,26H,4,6-7,9-10,14H2,1-3H3/t16-,18-,20-,23-,24+/m0/s1. The molecular weight excluding hydrogens is 348 g/mol. The molecule has 0 spiro atoms. The van der Waals surface area contributed by atoms with Gasteiger partial charge in [-0.1, -0.05) is 19.9 Å². The number of ether oxygens (including phenoxy) is 1. The van der Waals surface area contributed by atoms with Gasteiger partial charge in [-0.2, -0.15) is 0 Å². The van der Waals surface area contributed by atoms with Crippen LogP contribution in [0, 0.1) is 28.6 Å². The molecule has 4 aliphatic rings. The highest BCUT2D eigenvalue weighted by atomic mass is 16.5. The Labute approximate surface area is 167 Å². The van der Waals surface area contributed by atoms with Crippen molar-refractivity contribution in [1.29, 1.82) is 0 Å². The van der Waals surface area contributed by atoms with Crippen LogP contribution in [0.15, 0.2) is 36.3 Å². The van der Waals surface area contributed by atoms with Gasteiger partial charge in [-0.3, -0.25) is 9.78 Å². The van der Waals surface area contributed by atoms with Gasteiger partial charge >= 0.3 is 0 Å². The van der Waals surface area contributed by atoms with Gasteiger partial charge in [0.2, 0.25) is 0 Å². The summed E-state index contributed by atoms with van der Waals surface area (Å²) in [5.41, 5.74) is 4.08. The Bertz CT molecular complexity index is 888. The first kappa shape index (κ1) is 18.0. The van der Waals surface area contributed by atoms with E-state index in [-0.39, 0.29) is 16.6 Å². The second-order valence-electron chi connectivity index (χ2n) is 9.59. The van der Waals surface area contributed by atoms with E-state index in [1.54, 1.807) is 13.3 Å². The highest BCUT2D eigenvalue weighted by Crippen LogP contribution is 2.64. The lowest BCUT2D eigenvalue weighted by Crippen LogP contribution is -2.56. The first-order valence-corrected chi connectivity index (χ1v) is 10.7. The van der Waals surface area contributed by atoms with Crippen molar-refractivity contribution in [2.45, 2.75) is 46.0 Å². The first-order chi connectivity index (χ1) is 13.5. The minimum atomic E-state index is 0.132. The van der Waals surface area contributed by atoms with Crippen LogP contribution < -0.4 is 10.1 Å². The van der Waals surface area contributed by atoms with Gasteiger partial charge in [0.05, 0.1) is 7.11 Å². The van der Waals surface area contributed by atoms with Crippen molar-refractivity contribution in [1.82, 2.24) is 10.3 Å². The van der Waals surface area contributed by atoms with E-state index in [0.717, 1.165) is 30.7 Å². The normalized spacial score (nSPS) is 39.1. The molecule has 148 valence electrons. The highest BCUT2D eigenvalue weighted by molar-refractivity contribution is 5.91. The van der Waals surface area contributed by atoms with E-state index in [1.807, 2.05) is 18.3 Å². The van der Waals surface area contributed by atoms with E-state index in [1.165, 1.54) is 24.1 Å². The fourth-order valence-corrected chi connectivity index (χ4v) is 6.89. The van der Waals surface area contributed by atoms with Crippen LogP contribution in [0.4, 0.5) is 0 Å². The maximum Gasteiger partial charge on any atom is 0.157 e. The van der Waals surface area contributed by atoms with Crippen LogP contribution in [0.25, 0.3) is 5.57 Å². The van der Waals surface area contributed by atoms with Crippen LogP contribution in [0.5, 0.6) is 5.75 Å². The summed E-state index contributed by atoms with van der Waals surface area (Å²) < 4.78 is 5.65. The molecule has 1 saturated heterocycles. The second kappa shape index (κ2) is 6.20. The average molecular weight is 379 g/mol. The third-order valence-electron chi connectivity index (χ3n) is 8.47. The number of carbonyl (C=O) groups excluding carboxylic acids is 1. The molecule has 0 unspecified atom stereocenters. The molecule has 0 bridgehead atoms. The molecular formula is C24H30N2O2. The molecule has 0 radical (unpaired) electrons. The number of nitrogens with zero attached hydrogens (tertiary/aromatic N) is 1. The predicted octanol–water partition coefficient (Wildman–Crippen LogP) is 4.38. The lowest BCUT2D eigenvalue weighted by atomic mass is 9.49. The SMILES string of the molecule is COc1ccncc1C1=CC[C@H]2[C@@H]3CNC4=CC(=O)CC[C@]4(C)[C@H]3CC[C@]12C. The fourth-order valence-electron chi connectivity index (χ4n) is 6.89. The maximum atomic E-state index is 12.0. The molecule has 2 heterocycles. The number of rotatable bonds is 2. The number of fused-ring (bicyclic) bond motifs is 5. The van der Waals surface area contributed by atoms with Gasteiger partial charge in [-0.15, -0.1) is 0 Å². The fraction of sp³-hybridized carbons (Fsp3) is 0.583. The summed E-state index contributed by atoms with van der Waals surface area (Å²) in [7, 11) is 1.75. The van der Waals surface area contributed by atoms with Gasteiger partial charge in [0, 0.05) is 48.1 Å². The molecule has 5 atom stereocenters. The van der Waals surface area contributed by atoms with Crippen molar-refractivity contribution in [3.8, 4) is 5.75 Å². The van der Waals surface area contributed by atoms with E-state index in [4.69, 9.17) is 4.74 Å². The average Bonchev–Trinajstić information content (AvgIpc) is 3.05. The second-order valence-corrected chi connectivity index (χ2v) is 9.59. The van der Waals surface area contributed by atoms with Crippen molar-refractivity contribution in [3.05, 3.63) is 41.9 Å². The third-order valence-corrected chi connectivity index (χ3v) is 8.47. The number of nitrogens with one attached hydrogen (secondary N) is 1. The Kier molecular flexibility index (Phi) is 3.98. The number of hydrogen-bond acceptors (Lipinski definition) is 4. The first-order valence-electron chi connectivity index (χ1n) is 10.7. The molecule has 3 aliphatic carbocycles. The van der Waals surface area contributed by atoms with Crippen molar-refractivity contribution in [3.63, 3.8) is 0 Å². The van der Waals surface area contributed by atoms with Crippen molar-refractivity contribution in [2.75, 3.05) is 13.7 Å². The number of allylic oxidation sites excluding steroid dienone is 4. The van der Waals surface area contributed by atoms with Crippen LogP contribution in [-0.4, -0.2) is 24.4 Å². The summed E-state index contributed by atoms with van der Waals surface area (Å²) in [6.07, 6.45) is 13.4. The molecule has 4 nitrogen and oxygen atoms in total. The van der Waals surface area contributed by atoms with Crippen LogP contribution >= 0.6 is 0 Å². The summed E-state index contributed by atoms with van der Waals surface area (Å²) in [5, 5.41) is 3.68. The number of ketones is 1. The Balaban J connectivity index is 1.49. The summed E-state index contributed by atoms with van der Waals surface area (Å²) in [4.78, 5) is 16.4. The number of aromatic nitrogens is 1. The van der Waals surface area contributed by atoms with Crippen LogP contribution in [-0.2, 0) is 4.79 Å². The van der Waals surface area contributed by atoms with E-state index in [0.29, 0.717) is 24.2 Å². The van der Waals surface area contributed by atoms with E-state index >= 15 is 0 Å². The van der Waals surface area contributed by atoms with Crippen LogP contribution in [0.1, 0.15) is 51.5 Å². The number of hydrogen-bond donors (Lipinski definition) is 1. The summed E-state index contributed by atoms with van der Waals surface area (Å²) >= 11 is 0. The Hall–Kier alpha value is -2.10. The molecule has 1 N–H and O–H groups in total. The molecule has 0 amide bonds. The van der Waals surface area contributed by atoms with Crippen molar-refractivity contribution < 1.29 is 9.53 Å². The highest BCUT2D eigenvalue weighted by Gasteiger charge is 2.57. The van der Waals surface area contributed by atoms with Gasteiger partial charge in [0.25, 0.3) is 0 Å². The smallest absolute Gasteiger partial charge is 0.157 e. The lowest BCUT2D eigenvalue weighted by Gasteiger charge is -2.58. The summed E-state index contributed by atoms with van der Waals surface area (Å²) in [6, 6.07) is 1.97. The van der Waals surface area contributed by atoms with Crippen molar-refractivity contribution >= 4 is 11.4 Å². The van der Waals surface area contributed by atoms with Gasteiger partial charge in [0.1, 0.15) is 5.75 Å². The molecule has 28 heavy (non-hydrogen) atoms. The number of methoxy groups -OCH3 is 1. The van der Waals surface area contributed by atoms with Gasteiger partial charge in [-0.25, -0.2) is 0 Å².